The molecule has 1 saturated heterocycles. The Morgan fingerprint density at radius 2 is 2.12 bits per heavy atom. The molecule has 1 heterocycles. The summed E-state index contributed by atoms with van der Waals surface area (Å²) in [4.78, 5) is 23.5. The molecule has 1 aliphatic heterocycles. The number of carboxylic acid groups (broad SMARTS) is 1. The lowest BCUT2D eigenvalue weighted by Crippen LogP contribution is -2.38. The van der Waals surface area contributed by atoms with Crippen LogP contribution >= 0.6 is 15.9 Å². The maximum Gasteiger partial charge on any atom is 0.411 e. The molecule has 1 N–H and O–H groups in total. The van der Waals surface area contributed by atoms with Crippen molar-refractivity contribution in [1.29, 1.82) is 0 Å². The van der Waals surface area contributed by atoms with Crippen LogP contribution in [0.25, 0.3) is 0 Å². The second-order valence-corrected chi connectivity index (χ2v) is 4.60. The maximum atomic E-state index is 11.4. The first-order valence-corrected chi connectivity index (χ1v) is 5.78. The standard InChI is InChI=1S/C11H10BrNO4/c12-8-3-1-7(2-4-8)5-13-9(10(14)15)6-17-11(13)16/h1-4,9H,5-6H2,(H,14,15). The van der Waals surface area contributed by atoms with E-state index >= 15 is 0 Å². The van der Waals surface area contributed by atoms with Crippen molar-refractivity contribution in [1.82, 2.24) is 4.90 Å². The number of amides is 1. The van der Waals surface area contributed by atoms with Crippen LogP contribution in [0.2, 0.25) is 0 Å². The lowest BCUT2D eigenvalue weighted by atomic mass is 10.2. The zero-order chi connectivity index (χ0) is 12.4. The Morgan fingerprint density at radius 3 is 2.71 bits per heavy atom. The first-order chi connectivity index (χ1) is 8.08. The van der Waals surface area contributed by atoms with Crippen LogP contribution in [0, 0.1) is 0 Å². The third-order valence-electron chi connectivity index (χ3n) is 2.53. The molecule has 0 aromatic heterocycles. The molecule has 1 aromatic carbocycles. The van der Waals surface area contributed by atoms with E-state index in [1.54, 1.807) is 0 Å². The van der Waals surface area contributed by atoms with Crippen LogP contribution in [0.3, 0.4) is 0 Å². The molecular weight excluding hydrogens is 290 g/mol. The molecule has 0 radical (unpaired) electrons. The third-order valence-corrected chi connectivity index (χ3v) is 3.06. The topological polar surface area (TPSA) is 66.8 Å². The van der Waals surface area contributed by atoms with Gasteiger partial charge < -0.3 is 9.84 Å². The number of hydrogen-bond acceptors (Lipinski definition) is 3. The van der Waals surface area contributed by atoms with Gasteiger partial charge in [0, 0.05) is 4.47 Å². The fraction of sp³-hybridized carbons (Fsp3) is 0.273. The zero-order valence-electron chi connectivity index (χ0n) is 8.80. The van der Waals surface area contributed by atoms with E-state index in [2.05, 4.69) is 15.9 Å². The van der Waals surface area contributed by atoms with Gasteiger partial charge in [0.25, 0.3) is 0 Å². The largest absolute Gasteiger partial charge is 0.480 e. The number of carbonyl (C=O) groups is 2. The van der Waals surface area contributed by atoms with Crippen molar-refractivity contribution >= 4 is 28.0 Å². The molecule has 0 saturated carbocycles. The van der Waals surface area contributed by atoms with Crippen LogP contribution in [-0.2, 0) is 16.1 Å². The van der Waals surface area contributed by atoms with Gasteiger partial charge in [-0.3, -0.25) is 4.90 Å². The summed E-state index contributed by atoms with van der Waals surface area (Å²) in [6, 6.07) is 6.44. The highest BCUT2D eigenvalue weighted by atomic mass is 79.9. The normalized spacial score (nSPS) is 19.2. The predicted octanol–water partition coefficient (Wildman–Crippen LogP) is 1.85. The Hall–Kier alpha value is -1.56. The molecule has 17 heavy (non-hydrogen) atoms. The van der Waals surface area contributed by atoms with Gasteiger partial charge in [-0.2, -0.15) is 0 Å². The van der Waals surface area contributed by atoms with Crippen LogP contribution in [0.5, 0.6) is 0 Å². The first kappa shape index (κ1) is 11.9. The number of halogens is 1. The molecule has 1 fully saturated rings. The van der Waals surface area contributed by atoms with Crippen molar-refractivity contribution < 1.29 is 19.4 Å². The van der Waals surface area contributed by atoms with Crippen molar-refractivity contribution in [3.63, 3.8) is 0 Å². The summed E-state index contributed by atoms with van der Waals surface area (Å²) in [5, 5.41) is 8.94. The second kappa shape index (κ2) is 4.75. The number of rotatable bonds is 3. The van der Waals surface area contributed by atoms with E-state index in [9.17, 15) is 9.59 Å². The van der Waals surface area contributed by atoms with Crippen LogP contribution < -0.4 is 0 Å². The predicted molar refractivity (Wildman–Crippen MR) is 62.5 cm³/mol. The summed E-state index contributed by atoms with van der Waals surface area (Å²) in [6.45, 7) is 0.147. The molecule has 1 atom stereocenters. The van der Waals surface area contributed by atoms with Crippen molar-refractivity contribution in [2.75, 3.05) is 6.61 Å². The molecule has 0 spiro atoms. The monoisotopic (exact) mass is 299 g/mol. The third kappa shape index (κ3) is 2.58. The summed E-state index contributed by atoms with van der Waals surface area (Å²) in [7, 11) is 0. The molecule has 1 unspecified atom stereocenters. The minimum atomic E-state index is -1.05. The highest BCUT2D eigenvalue weighted by Gasteiger charge is 2.37. The summed E-state index contributed by atoms with van der Waals surface area (Å²) in [5.41, 5.74) is 0.860. The minimum Gasteiger partial charge on any atom is -0.480 e. The summed E-state index contributed by atoms with van der Waals surface area (Å²) in [6.07, 6.45) is -0.583. The van der Waals surface area contributed by atoms with Crippen molar-refractivity contribution in [3.8, 4) is 0 Å². The highest BCUT2D eigenvalue weighted by Crippen LogP contribution is 2.18. The maximum absolute atomic E-state index is 11.4. The average molecular weight is 300 g/mol. The van der Waals surface area contributed by atoms with Crippen LogP contribution in [-0.4, -0.2) is 34.7 Å². The molecule has 2 rings (SSSR count). The molecule has 6 heteroatoms. The average Bonchev–Trinajstić information content (AvgIpc) is 2.64. The summed E-state index contributed by atoms with van der Waals surface area (Å²) >= 11 is 3.31. The number of benzene rings is 1. The number of ether oxygens (including phenoxy) is 1. The zero-order valence-corrected chi connectivity index (χ0v) is 10.4. The minimum absolute atomic E-state index is 0.0926. The van der Waals surface area contributed by atoms with Gasteiger partial charge in [0.15, 0.2) is 6.04 Å². The molecule has 0 bridgehead atoms. The lowest BCUT2D eigenvalue weighted by molar-refractivity contribution is -0.141. The molecule has 1 aliphatic rings. The fourth-order valence-electron chi connectivity index (χ4n) is 1.62. The van der Waals surface area contributed by atoms with Gasteiger partial charge in [-0.05, 0) is 17.7 Å². The first-order valence-electron chi connectivity index (χ1n) is 4.98. The van der Waals surface area contributed by atoms with E-state index < -0.39 is 18.1 Å². The summed E-state index contributed by atoms with van der Waals surface area (Å²) < 4.78 is 5.66. The number of cyclic esters (lactones) is 1. The Morgan fingerprint density at radius 1 is 1.47 bits per heavy atom. The van der Waals surface area contributed by atoms with Gasteiger partial charge >= 0.3 is 12.1 Å². The number of aliphatic carboxylic acids is 1. The molecule has 90 valence electrons. The number of hydrogen-bond donors (Lipinski definition) is 1. The van der Waals surface area contributed by atoms with Gasteiger partial charge in [0.1, 0.15) is 6.61 Å². The quantitative estimate of drug-likeness (QED) is 0.925. The second-order valence-electron chi connectivity index (χ2n) is 3.69. The number of carbonyl (C=O) groups excluding carboxylic acids is 1. The number of nitrogens with zero attached hydrogens (tertiary/aromatic N) is 1. The van der Waals surface area contributed by atoms with Crippen LogP contribution in [0.4, 0.5) is 4.79 Å². The Kier molecular flexibility index (Phi) is 3.33. The molecule has 1 amide bonds. The SMILES string of the molecule is O=C(O)C1COC(=O)N1Cc1ccc(Br)cc1. The van der Waals surface area contributed by atoms with Gasteiger partial charge in [-0.25, -0.2) is 9.59 Å². The van der Waals surface area contributed by atoms with Crippen LogP contribution in [0.1, 0.15) is 5.56 Å². The Bertz CT molecular complexity index is 445. The van der Waals surface area contributed by atoms with Gasteiger partial charge in [0.05, 0.1) is 6.54 Å². The van der Waals surface area contributed by atoms with Crippen molar-refractivity contribution in [3.05, 3.63) is 34.3 Å². The molecule has 5 nitrogen and oxygen atoms in total. The van der Waals surface area contributed by atoms with E-state index in [4.69, 9.17) is 9.84 Å². The van der Waals surface area contributed by atoms with E-state index in [0.717, 1.165) is 10.0 Å². The molecule has 1 aromatic rings. The van der Waals surface area contributed by atoms with E-state index in [0.29, 0.717) is 0 Å². The Balaban J connectivity index is 2.13. The Labute approximate surface area is 106 Å². The lowest BCUT2D eigenvalue weighted by Gasteiger charge is -2.17. The van der Waals surface area contributed by atoms with Gasteiger partial charge in [0.2, 0.25) is 0 Å². The fourth-order valence-corrected chi connectivity index (χ4v) is 1.88. The van der Waals surface area contributed by atoms with E-state index in [-0.39, 0.29) is 13.2 Å². The van der Waals surface area contributed by atoms with E-state index in [1.807, 2.05) is 24.3 Å². The van der Waals surface area contributed by atoms with Crippen molar-refractivity contribution in [2.24, 2.45) is 0 Å². The van der Waals surface area contributed by atoms with Gasteiger partial charge in [-0.15, -0.1) is 0 Å². The summed E-state index contributed by atoms with van der Waals surface area (Å²) in [5.74, 6) is -1.05. The number of carboxylic acids is 1. The van der Waals surface area contributed by atoms with Crippen LogP contribution in [0.15, 0.2) is 28.7 Å². The smallest absolute Gasteiger partial charge is 0.411 e. The van der Waals surface area contributed by atoms with Gasteiger partial charge in [-0.1, -0.05) is 28.1 Å². The highest BCUT2D eigenvalue weighted by molar-refractivity contribution is 9.10. The van der Waals surface area contributed by atoms with E-state index in [1.165, 1.54) is 4.90 Å². The molecule has 0 aliphatic carbocycles. The van der Waals surface area contributed by atoms with Crippen molar-refractivity contribution in [2.45, 2.75) is 12.6 Å². The molecular formula is C11H10BrNO4.